The molecule has 1 aromatic rings. The quantitative estimate of drug-likeness (QED) is 0.279. The van der Waals surface area contributed by atoms with Crippen LogP contribution in [0.3, 0.4) is 0 Å². The molecular formula is C18H20ClN5O6. The second-order valence-corrected chi connectivity index (χ2v) is 7.88. The molecule has 1 aromatic carbocycles. The molecule has 5 N–H and O–H groups in total. The summed E-state index contributed by atoms with van der Waals surface area (Å²) in [5.74, 6) is -1.26. The molecule has 0 spiro atoms. The number of hydrogen-bond acceptors (Lipinski definition) is 9. The van der Waals surface area contributed by atoms with Gasteiger partial charge in [0.05, 0.1) is 6.61 Å². The molecule has 3 heterocycles. The van der Waals surface area contributed by atoms with E-state index < -0.39 is 47.7 Å². The molecule has 30 heavy (non-hydrogen) atoms. The average molecular weight is 438 g/mol. The van der Waals surface area contributed by atoms with Gasteiger partial charge in [-0.1, -0.05) is 18.2 Å². The van der Waals surface area contributed by atoms with Crippen LogP contribution in [-0.2, 0) is 9.53 Å². The fourth-order valence-corrected chi connectivity index (χ4v) is 3.83. The summed E-state index contributed by atoms with van der Waals surface area (Å²) < 4.78 is 5.58. The van der Waals surface area contributed by atoms with Crippen LogP contribution in [0.25, 0.3) is 0 Å². The molecule has 3 aliphatic heterocycles. The van der Waals surface area contributed by atoms with E-state index in [1.807, 2.05) is 0 Å². The molecule has 1 unspecified atom stereocenters. The summed E-state index contributed by atoms with van der Waals surface area (Å²) in [6.07, 6.45) is -3.58. The number of alkyl halides is 1. The lowest BCUT2D eigenvalue weighted by molar-refractivity contribution is -0.116. The summed E-state index contributed by atoms with van der Waals surface area (Å²) in [7, 11) is 0. The van der Waals surface area contributed by atoms with Gasteiger partial charge in [0.15, 0.2) is 17.8 Å². The first kappa shape index (κ1) is 20.7. The summed E-state index contributed by atoms with van der Waals surface area (Å²) in [6, 6.07) is 8.24. The Bertz CT molecular complexity index is 938. The highest BCUT2D eigenvalue weighted by atomic mass is 35.5. The largest absolute Gasteiger partial charge is 0.394 e. The number of nitrogens with zero attached hydrogens (tertiary/aromatic N) is 3. The van der Waals surface area contributed by atoms with Crippen LogP contribution in [0.4, 0.5) is 0 Å². The minimum Gasteiger partial charge on any atom is -0.394 e. The first-order valence-corrected chi connectivity index (χ1v) is 9.51. The number of carbonyl (C=O) groups excluding carboxylic acids is 2. The van der Waals surface area contributed by atoms with Crippen LogP contribution in [0.5, 0.6) is 0 Å². The molecular weight excluding hydrogens is 418 g/mol. The Labute approximate surface area is 176 Å². The van der Waals surface area contributed by atoms with Gasteiger partial charge in [-0.3, -0.25) is 25.2 Å². The van der Waals surface area contributed by atoms with E-state index in [9.17, 15) is 24.9 Å². The number of nitrogens with one attached hydrogen (secondary N) is 2. The number of hydrogen-bond donors (Lipinski definition) is 5. The van der Waals surface area contributed by atoms with E-state index in [-0.39, 0.29) is 18.2 Å². The van der Waals surface area contributed by atoms with Gasteiger partial charge in [-0.15, -0.1) is 0 Å². The van der Waals surface area contributed by atoms with Crippen LogP contribution >= 0.6 is 11.6 Å². The van der Waals surface area contributed by atoms with E-state index in [0.717, 1.165) is 0 Å². The van der Waals surface area contributed by atoms with Crippen molar-refractivity contribution in [3.8, 4) is 0 Å². The Morgan fingerprint density at radius 3 is 2.77 bits per heavy atom. The molecule has 4 rings (SSSR count). The van der Waals surface area contributed by atoms with Gasteiger partial charge < -0.3 is 25.0 Å². The third-order valence-corrected chi connectivity index (χ3v) is 5.43. The van der Waals surface area contributed by atoms with Crippen LogP contribution in [0.1, 0.15) is 17.3 Å². The number of rotatable bonds is 4. The molecule has 0 aliphatic carbocycles. The number of halogens is 1. The highest BCUT2D eigenvalue weighted by molar-refractivity contribution is 6.68. The number of carbonyl (C=O) groups is 2. The highest BCUT2D eigenvalue weighted by Crippen LogP contribution is 2.35. The molecule has 1 fully saturated rings. The van der Waals surface area contributed by atoms with Crippen molar-refractivity contribution in [3.05, 3.63) is 35.9 Å². The SMILES string of the molecule is C[C@@]1(O)[C@H](O)[C@@H](CO)O[C@H]1N1CN=C2C(=O)NC(Cl)(NC(=O)c3ccccc3)N=C21. The van der Waals surface area contributed by atoms with Gasteiger partial charge in [-0.05, 0) is 30.7 Å². The second kappa shape index (κ2) is 7.29. The van der Waals surface area contributed by atoms with E-state index in [1.165, 1.54) is 11.8 Å². The zero-order chi connectivity index (χ0) is 21.7. The number of benzene rings is 1. The lowest BCUT2D eigenvalue weighted by Gasteiger charge is -2.36. The highest BCUT2D eigenvalue weighted by Gasteiger charge is 2.57. The molecule has 0 bridgehead atoms. The predicted molar refractivity (Wildman–Crippen MR) is 105 cm³/mol. The van der Waals surface area contributed by atoms with E-state index in [0.29, 0.717) is 5.56 Å². The number of fused-ring (bicyclic) bond motifs is 1. The Balaban J connectivity index is 1.63. The fraction of sp³-hybridized carbons (Fsp3) is 0.444. The van der Waals surface area contributed by atoms with Crippen LogP contribution in [-0.4, -0.2) is 86.1 Å². The molecule has 12 heteroatoms. The van der Waals surface area contributed by atoms with Crippen molar-refractivity contribution in [2.45, 2.75) is 36.2 Å². The number of amidine groups is 1. The lowest BCUT2D eigenvalue weighted by Crippen LogP contribution is -2.64. The van der Waals surface area contributed by atoms with Crippen LogP contribution in [0, 0.1) is 0 Å². The summed E-state index contributed by atoms with van der Waals surface area (Å²) in [4.78, 5) is 34.7. The maximum atomic E-state index is 12.5. The van der Waals surface area contributed by atoms with E-state index in [4.69, 9.17) is 16.3 Å². The maximum Gasteiger partial charge on any atom is 0.293 e. The van der Waals surface area contributed by atoms with Crippen LogP contribution in [0.2, 0.25) is 0 Å². The summed E-state index contributed by atoms with van der Waals surface area (Å²) in [5.41, 5.74) is -1.54. The van der Waals surface area contributed by atoms with Crippen molar-refractivity contribution in [2.75, 3.05) is 13.3 Å². The third kappa shape index (κ3) is 3.34. The number of aliphatic imine (C=N–C) groups is 2. The normalized spacial score (nSPS) is 35.4. The van der Waals surface area contributed by atoms with Crippen molar-refractivity contribution >= 4 is 35.0 Å². The lowest BCUT2D eigenvalue weighted by atomic mass is 9.96. The molecule has 1 saturated heterocycles. The molecule has 0 saturated carbocycles. The molecule has 5 atom stereocenters. The summed E-state index contributed by atoms with van der Waals surface area (Å²) >= 11 is 6.38. The second-order valence-electron chi connectivity index (χ2n) is 7.33. The van der Waals surface area contributed by atoms with Crippen molar-refractivity contribution < 1.29 is 29.6 Å². The summed E-state index contributed by atoms with van der Waals surface area (Å²) in [5, 5.41) is 33.2. The number of ether oxygens (including phenoxy) is 1. The molecule has 0 radical (unpaired) electrons. The average Bonchev–Trinajstić information content (AvgIpc) is 3.21. The summed E-state index contributed by atoms with van der Waals surface area (Å²) in [6.45, 7) is 0.715. The van der Waals surface area contributed by atoms with E-state index in [1.54, 1.807) is 30.3 Å². The van der Waals surface area contributed by atoms with Crippen LogP contribution < -0.4 is 10.6 Å². The van der Waals surface area contributed by atoms with Gasteiger partial charge in [0, 0.05) is 5.56 Å². The van der Waals surface area contributed by atoms with Gasteiger partial charge in [-0.2, -0.15) is 0 Å². The maximum absolute atomic E-state index is 12.5. The Hall–Kier alpha value is -2.57. The predicted octanol–water partition coefficient (Wildman–Crippen LogP) is -1.66. The minimum atomic E-state index is -2.00. The van der Waals surface area contributed by atoms with Gasteiger partial charge >= 0.3 is 0 Å². The fourth-order valence-electron chi connectivity index (χ4n) is 3.58. The first-order valence-electron chi connectivity index (χ1n) is 9.13. The zero-order valence-electron chi connectivity index (χ0n) is 15.8. The molecule has 11 nitrogen and oxygen atoms in total. The van der Waals surface area contributed by atoms with Crippen molar-refractivity contribution in [2.24, 2.45) is 9.98 Å². The topological polar surface area (TPSA) is 156 Å². The Morgan fingerprint density at radius 2 is 2.13 bits per heavy atom. The van der Waals surface area contributed by atoms with Gasteiger partial charge in [0.2, 0.25) is 0 Å². The number of aliphatic hydroxyl groups excluding tert-OH is 2. The van der Waals surface area contributed by atoms with Gasteiger partial charge in [0.1, 0.15) is 24.5 Å². The number of amides is 2. The smallest absolute Gasteiger partial charge is 0.293 e. The first-order chi connectivity index (χ1) is 14.2. The molecule has 2 amide bonds. The Kier molecular flexibility index (Phi) is 5.03. The van der Waals surface area contributed by atoms with Crippen molar-refractivity contribution in [1.82, 2.24) is 15.5 Å². The Morgan fingerprint density at radius 1 is 1.43 bits per heavy atom. The van der Waals surface area contributed by atoms with Gasteiger partial charge in [-0.25, -0.2) is 4.99 Å². The van der Waals surface area contributed by atoms with Gasteiger partial charge in [0.25, 0.3) is 17.1 Å². The third-order valence-electron chi connectivity index (χ3n) is 5.15. The van der Waals surface area contributed by atoms with Crippen molar-refractivity contribution in [1.29, 1.82) is 0 Å². The standard InChI is InChI=1S/C18H20ClN5O6/c1-17(29)12(26)10(7-25)30-16(17)24-8-20-11-13(24)21-18(19,23-15(11)28)22-14(27)9-5-3-2-4-6-9/h2-6,10,12,16,25-26,29H,7-8H2,1H3,(H,22,27)(H,23,28)/t10-,12-,16-,17-,18?/m1/s1. The van der Waals surface area contributed by atoms with E-state index in [2.05, 4.69) is 20.6 Å². The minimum absolute atomic E-state index is 0.0156. The van der Waals surface area contributed by atoms with E-state index >= 15 is 0 Å². The monoisotopic (exact) mass is 437 g/mol. The number of aliphatic hydroxyl groups is 3. The van der Waals surface area contributed by atoms with Crippen LogP contribution in [0.15, 0.2) is 40.3 Å². The van der Waals surface area contributed by atoms with Crippen molar-refractivity contribution in [3.63, 3.8) is 0 Å². The molecule has 3 aliphatic rings. The molecule has 160 valence electrons. The zero-order valence-corrected chi connectivity index (χ0v) is 16.6. The molecule has 0 aromatic heterocycles.